The fourth-order valence-corrected chi connectivity index (χ4v) is 1.98. The molecule has 0 radical (unpaired) electrons. The van der Waals surface area contributed by atoms with Gasteiger partial charge in [0.15, 0.2) is 0 Å². The molecule has 0 spiro atoms. The van der Waals surface area contributed by atoms with Crippen LogP contribution in [0.2, 0.25) is 0 Å². The molecule has 1 heterocycles. The summed E-state index contributed by atoms with van der Waals surface area (Å²) in [7, 11) is 0. The molecule has 0 aliphatic rings. The zero-order valence-electron chi connectivity index (χ0n) is 11.6. The topological polar surface area (TPSA) is 97.2 Å². The second-order valence-corrected chi connectivity index (χ2v) is 4.49. The van der Waals surface area contributed by atoms with Gasteiger partial charge in [-0.15, -0.1) is 0 Å². The average molecular weight is 288 g/mol. The van der Waals surface area contributed by atoms with E-state index in [-0.39, 0.29) is 18.1 Å². The predicted octanol–water partition coefficient (Wildman–Crippen LogP) is 2.08. The second-order valence-electron chi connectivity index (χ2n) is 4.49. The Labute approximate surface area is 121 Å². The molecule has 0 aliphatic heterocycles. The number of anilines is 1. The van der Waals surface area contributed by atoms with Crippen LogP contribution in [0.15, 0.2) is 30.5 Å². The van der Waals surface area contributed by atoms with Gasteiger partial charge in [0.2, 0.25) is 5.91 Å². The first-order valence-electron chi connectivity index (χ1n) is 6.66. The first kappa shape index (κ1) is 14.7. The number of carbonyl (C=O) groups excluding carboxylic acids is 1. The van der Waals surface area contributed by atoms with Crippen LogP contribution in [-0.4, -0.2) is 28.9 Å². The third kappa shape index (κ3) is 3.44. The summed E-state index contributed by atoms with van der Waals surface area (Å²) in [6.07, 6.45) is 2.42. The highest BCUT2D eigenvalue weighted by atomic mass is 16.6. The monoisotopic (exact) mass is 288 g/mol. The average Bonchev–Trinajstić information content (AvgIpc) is 2.49. The Hall–Kier alpha value is -2.70. The normalized spacial score (nSPS) is 10.3. The van der Waals surface area contributed by atoms with Gasteiger partial charge in [-0.25, -0.2) is 0 Å². The molecule has 2 rings (SSSR count). The molecule has 0 aliphatic carbocycles. The minimum Gasteiger partial charge on any atom is -0.371 e. The van der Waals surface area contributed by atoms with E-state index in [9.17, 15) is 14.9 Å². The molecule has 7 nitrogen and oxygen atoms in total. The zero-order chi connectivity index (χ0) is 15.2. The number of nitrogens with one attached hydrogen (secondary N) is 2. The number of hydrogen-bond acceptors (Lipinski definition) is 5. The van der Waals surface area contributed by atoms with Crippen molar-refractivity contribution in [3.8, 4) is 0 Å². The molecule has 0 fully saturated rings. The molecule has 7 heteroatoms. The summed E-state index contributed by atoms with van der Waals surface area (Å²) in [6, 6.07) is 6.55. The molecule has 2 N–H and O–H groups in total. The van der Waals surface area contributed by atoms with Crippen LogP contribution in [0.4, 0.5) is 11.4 Å². The van der Waals surface area contributed by atoms with E-state index in [2.05, 4.69) is 15.6 Å². The van der Waals surface area contributed by atoms with Crippen molar-refractivity contribution >= 4 is 28.2 Å². The van der Waals surface area contributed by atoms with Crippen molar-refractivity contribution in [3.63, 3.8) is 0 Å². The molecule has 1 aromatic carbocycles. The molecule has 1 aromatic heterocycles. The van der Waals surface area contributed by atoms with Crippen LogP contribution in [0.3, 0.4) is 0 Å². The standard InChI is InChI=1S/C14H16N4O3/c1-2-7-16-13(19)9-17-12-6-5-11-10(4-3-8-15-11)14(12)18(20)21/h3-6,8,17H,2,7,9H2,1H3,(H,16,19). The van der Waals surface area contributed by atoms with Gasteiger partial charge in [0.1, 0.15) is 5.69 Å². The lowest BCUT2D eigenvalue weighted by molar-refractivity contribution is -0.382. The van der Waals surface area contributed by atoms with Gasteiger partial charge in [-0.1, -0.05) is 6.92 Å². The maximum atomic E-state index is 11.6. The SMILES string of the molecule is CCCNC(=O)CNc1ccc2ncccc2c1[N+](=O)[O-]. The van der Waals surface area contributed by atoms with E-state index in [4.69, 9.17) is 0 Å². The first-order valence-corrected chi connectivity index (χ1v) is 6.66. The molecule has 0 saturated heterocycles. The van der Waals surface area contributed by atoms with Crippen molar-refractivity contribution in [2.75, 3.05) is 18.4 Å². The van der Waals surface area contributed by atoms with Crippen LogP contribution in [-0.2, 0) is 4.79 Å². The molecular weight excluding hydrogens is 272 g/mol. The van der Waals surface area contributed by atoms with Crippen LogP contribution in [0, 0.1) is 10.1 Å². The van der Waals surface area contributed by atoms with Gasteiger partial charge in [-0.2, -0.15) is 0 Å². The van der Waals surface area contributed by atoms with Crippen LogP contribution in [0.25, 0.3) is 10.9 Å². The fraction of sp³-hybridized carbons (Fsp3) is 0.286. The lowest BCUT2D eigenvalue weighted by Crippen LogP contribution is -2.30. The molecule has 2 aromatic rings. The minimum absolute atomic E-state index is 0.00733. The number of nitrogens with zero attached hydrogens (tertiary/aromatic N) is 2. The number of pyridine rings is 1. The van der Waals surface area contributed by atoms with E-state index in [0.717, 1.165) is 6.42 Å². The Morgan fingerprint density at radius 2 is 2.19 bits per heavy atom. The molecular formula is C14H16N4O3. The highest BCUT2D eigenvalue weighted by Gasteiger charge is 2.19. The van der Waals surface area contributed by atoms with Gasteiger partial charge < -0.3 is 10.6 Å². The predicted molar refractivity (Wildman–Crippen MR) is 80.2 cm³/mol. The van der Waals surface area contributed by atoms with E-state index in [0.29, 0.717) is 23.1 Å². The maximum absolute atomic E-state index is 11.6. The molecule has 1 amide bonds. The Kier molecular flexibility index (Phi) is 4.65. The summed E-state index contributed by atoms with van der Waals surface area (Å²) in [5, 5.41) is 17.3. The van der Waals surface area contributed by atoms with E-state index < -0.39 is 4.92 Å². The lowest BCUT2D eigenvalue weighted by Gasteiger charge is -2.09. The second kappa shape index (κ2) is 6.65. The summed E-state index contributed by atoms with van der Waals surface area (Å²) < 4.78 is 0. The van der Waals surface area contributed by atoms with Crippen LogP contribution in [0.5, 0.6) is 0 Å². The Bertz CT molecular complexity index is 672. The summed E-state index contributed by atoms with van der Waals surface area (Å²) in [4.78, 5) is 26.5. The number of aromatic nitrogens is 1. The van der Waals surface area contributed by atoms with E-state index in [1.165, 1.54) is 0 Å². The van der Waals surface area contributed by atoms with Gasteiger partial charge in [-0.05, 0) is 30.7 Å². The Morgan fingerprint density at radius 1 is 1.38 bits per heavy atom. The van der Waals surface area contributed by atoms with Gasteiger partial charge in [0.05, 0.1) is 22.4 Å². The summed E-state index contributed by atoms with van der Waals surface area (Å²) in [5.41, 5.74) is 0.793. The van der Waals surface area contributed by atoms with Crippen molar-refractivity contribution < 1.29 is 9.72 Å². The van der Waals surface area contributed by atoms with E-state index in [1.807, 2.05) is 6.92 Å². The fourth-order valence-electron chi connectivity index (χ4n) is 1.98. The Balaban J connectivity index is 2.25. The highest BCUT2D eigenvalue weighted by molar-refractivity contribution is 5.95. The van der Waals surface area contributed by atoms with Crippen molar-refractivity contribution in [1.82, 2.24) is 10.3 Å². The molecule has 110 valence electrons. The number of hydrogen-bond donors (Lipinski definition) is 2. The smallest absolute Gasteiger partial charge is 0.301 e. The largest absolute Gasteiger partial charge is 0.371 e. The maximum Gasteiger partial charge on any atom is 0.301 e. The number of benzene rings is 1. The van der Waals surface area contributed by atoms with Crippen molar-refractivity contribution in [1.29, 1.82) is 0 Å². The summed E-state index contributed by atoms with van der Waals surface area (Å²) in [5.74, 6) is -0.197. The lowest BCUT2D eigenvalue weighted by atomic mass is 10.1. The third-order valence-corrected chi connectivity index (χ3v) is 2.95. The zero-order valence-corrected chi connectivity index (χ0v) is 11.6. The molecule has 0 saturated carbocycles. The van der Waals surface area contributed by atoms with Gasteiger partial charge in [0, 0.05) is 12.7 Å². The number of fused-ring (bicyclic) bond motifs is 1. The van der Waals surface area contributed by atoms with E-state index in [1.54, 1.807) is 30.5 Å². The summed E-state index contributed by atoms with van der Waals surface area (Å²) in [6.45, 7) is 2.53. The molecule has 0 unspecified atom stereocenters. The van der Waals surface area contributed by atoms with Crippen LogP contribution in [0.1, 0.15) is 13.3 Å². The number of rotatable bonds is 6. The van der Waals surface area contributed by atoms with Gasteiger partial charge in [-0.3, -0.25) is 19.9 Å². The van der Waals surface area contributed by atoms with Gasteiger partial charge in [0.25, 0.3) is 0 Å². The Morgan fingerprint density at radius 3 is 2.90 bits per heavy atom. The number of nitro benzene ring substituents is 1. The van der Waals surface area contributed by atoms with Crippen LogP contribution >= 0.6 is 0 Å². The van der Waals surface area contributed by atoms with Gasteiger partial charge >= 0.3 is 5.69 Å². The van der Waals surface area contributed by atoms with Crippen molar-refractivity contribution in [2.24, 2.45) is 0 Å². The third-order valence-electron chi connectivity index (χ3n) is 2.95. The molecule has 0 atom stereocenters. The molecule has 0 bridgehead atoms. The van der Waals surface area contributed by atoms with Crippen LogP contribution < -0.4 is 10.6 Å². The van der Waals surface area contributed by atoms with Crippen molar-refractivity contribution in [3.05, 3.63) is 40.6 Å². The summed E-state index contributed by atoms with van der Waals surface area (Å²) >= 11 is 0. The quantitative estimate of drug-likeness (QED) is 0.626. The van der Waals surface area contributed by atoms with E-state index >= 15 is 0 Å². The number of nitro groups is 1. The van der Waals surface area contributed by atoms with Crippen molar-refractivity contribution in [2.45, 2.75) is 13.3 Å². The first-order chi connectivity index (χ1) is 10.1. The number of carbonyl (C=O) groups is 1. The number of amides is 1. The highest BCUT2D eigenvalue weighted by Crippen LogP contribution is 2.32. The molecule has 21 heavy (non-hydrogen) atoms. The minimum atomic E-state index is -0.462.